The molecule has 0 spiro atoms. The molecule has 4 heteroatoms. The Morgan fingerprint density at radius 2 is 0.853 bits per heavy atom. The second-order valence-electron chi connectivity index (χ2n) is 10.7. The van der Waals surface area contributed by atoms with Crippen LogP contribution in [0.3, 0.4) is 0 Å². The molecule has 1 aliphatic rings. The second-order valence-corrected chi connectivity index (χ2v) is 10.7. The highest BCUT2D eigenvalue weighted by Crippen LogP contribution is 2.58. The molecule has 2 aromatic carbocycles. The number of ether oxygens (including phenoxy) is 2. The molecule has 0 atom stereocenters. The Morgan fingerprint density at radius 1 is 0.559 bits per heavy atom. The fraction of sp³-hybridized carbons (Fsp3) is 0.533. The van der Waals surface area contributed by atoms with Gasteiger partial charge in [0.15, 0.2) is 0 Å². The summed E-state index contributed by atoms with van der Waals surface area (Å²) in [6, 6.07) is 16.6. The zero-order chi connectivity index (χ0) is 25.2. The maximum atomic E-state index is 13.4. The van der Waals surface area contributed by atoms with Crippen LogP contribution >= 0.6 is 0 Å². The topological polar surface area (TPSA) is 52.6 Å². The van der Waals surface area contributed by atoms with E-state index in [0.29, 0.717) is 11.8 Å². The molecule has 184 valence electrons. The quantitative estimate of drug-likeness (QED) is 0.397. The molecule has 1 fully saturated rings. The number of esters is 2. The van der Waals surface area contributed by atoms with Gasteiger partial charge in [-0.25, -0.2) is 0 Å². The van der Waals surface area contributed by atoms with Crippen molar-refractivity contribution in [3.05, 3.63) is 70.8 Å². The predicted octanol–water partition coefficient (Wildman–Crippen LogP) is 6.95. The van der Waals surface area contributed by atoms with Crippen LogP contribution in [0.2, 0.25) is 0 Å². The van der Waals surface area contributed by atoms with Crippen LogP contribution in [0.4, 0.5) is 0 Å². The molecule has 0 radical (unpaired) electrons. The minimum atomic E-state index is -0.443. The molecule has 0 amide bonds. The van der Waals surface area contributed by atoms with Crippen LogP contribution < -0.4 is 0 Å². The van der Waals surface area contributed by atoms with Gasteiger partial charge in [-0.05, 0) is 61.8 Å². The molecule has 1 saturated carbocycles. The van der Waals surface area contributed by atoms with Gasteiger partial charge in [0.25, 0.3) is 0 Å². The molecule has 0 N–H and O–H groups in total. The molecular formula is C30H40O4. The third kappa shape index (κ3) is 5.54. The van der Waals surface area contributed by atoms with Crippen molar-refractivity contribution in [2.24, 2.45) is 11.8 Å². The summed E-state index contributed by atoms with van der Waals surface area (Å²) < 4.78 is 11.4. The molecule has 3 rings (SSSR count). The Hall–Kier alpha value is -2.62. The Morgan fingerprint density at radius 3 is 1.09 bits per heavy atom. The van der Waals surface area contributed by atoms with Crippen molar-refractivity contribution in [1.82, 2.24) is 0 Å². The lowest BCUT2D eigenvalue weighted by molar-refractivity contribution is -0.171. The fourth-order valence-electron chi connectivity index (χ4n) is 4.99. The number of rotatable bonds is 8. The third-order valence-corrected chi connectivity index (χ3v) is 6.77. The van der Waals surface area contributed by atoms with Gasteiger partial charge in [-0.15, -0.1) is 0 Å². The van der Waals surface area contributed by atoms with E-state index in [-0.39, 0.29) is 36.0 Å². The molecule has 0 saturated heterocycles. The van der Waals surface area contributed by atoms with E-state index in [1.165, 1.54) is 11.1 Å². The van der Waals surface area contributed by atoms with Crippen LogP contribution in [0, 0.1) is 11.8 Å². The first-order chi connectivity index (χ1) is 16.0. The summed E-state index contributed by atoms with van der Waals surface area (Å²) in [5, 5.41) is 0. The van der Waals surface area contributed by atoms with Crippen LogP contribution in [0.5, 0.6) is 0 Å². The average Bonchev–Trinajstić information content (AvgIpc) is 2.72. The monoisotopic (exact) mass is 464 g/mol. The molecule has 0 unspecified atom stereocenters. The van der Waals surface area contributed by atoms with Gasteiger partial charge in [0.2, 0.25) is 0 Å². The first kappa shape index (κ1) is 26.0. The SMILES string of the molecule is CC(C)OC(=O)C1C(c2ccc(C(C)C)cc2)C(C(=O)OC(C)C)C1c1ccc(C(C)C)cc1. The van der Waals surface area contributed by atoms with Crippen molar-refractivity contribution in [3.63, 3.8) is 0 Å². The zero-order valence-electron chi connectivity index (χ0n) is 21.9. The molecule has 34 heavy (non-hydrogen) atoms. The Labute approximate surface area is 205 Å². The van der Waals surface area contributed by atoms with Crippen LogP contribution in [0.1, 0.15) is 101 Å². The van der Waals surface area contributed by atoms with Crippen molar-refractivity contribution in [1.29, 1.82) is 0 Å². The summed E-state index contributed by atoms with van der Waals surface area (Å²) >= 11 is 0. The van der Waals surface area contributed by atoms with E-state index in [1.54, 1.807) is 0 Å². The largest absolute Gasteiger partial charge is 0.463 e. The summed E-state index contributed by atoms with van der Waals surface area (Å²) in [5.41, 5.74) is 4.42. The highest BCUT2D eigenvalue weighted by atomic mass is 16.5. The average molecular weight is 465 g/mol. The second kappa shape index (κ2) is 10.8. The standard InChI is InChI=1S/C30H40O4/c1-17(2)21-9-13-23(14-10-21)25-27(29(31)33-19(5)6)26(28(25)30(32)34-20(7)8)24-15-11-22(12-16-24)18(3)4/h9-20,25-28H,1-8H3. The highest BCUT2D eigenvalue weighted by molar-refractivity contribution is 5.85. The van der Waals surface area contributed by atoms with Crippen molar-refractivity contribution in [2.75, 3.05) is 0 Å². The first-order valence-electron chi connectivity index (χ1n) is 12.6. The van der Waals surface area contributed by atoms with Gasteiger partial charge < -0.3 is 9.47 Å². The van der Waals surface area contributed by atoms with E-state index >= 15 is 0 Å². The van der Waals surface area contributed by atoms with E-state index in [1.807, 2.05) is 27.7 Å². The lowest BCUT2D eigenvalue weighted by atomic mass is 9.52. The van der Waals surface area contributed by atoms with E-state index < -0.39 is 11.8 Å². The number of hydrogen-bond donors (Lipinski definition) is 0. The number of hydrogen-bond acceptors (Lipinski definition) is 4. The Kier molecular flexibility index (Phi) is 8.22. The van der Waals surface area contributed by atoms with Gasteiger partial charge in [0, 0.05) is 11.8 Å². The van der Waals surface area contributed by atoms with E-state index in [4.69, 9.17) is 9.47 Å². The van der Waals surface area contributed by atoms with Gasteiger partial charge in [-0.2, -0.15) is 0 Å². The van der Waals surface area contributed by atoms with Gasteiger partial charge in [0.05, 0.1) is 24.0 Å². The number of benzene rings is 2. The van der Waals surface area contributed by atoms with Crippen molar-refractivity contribution in [2.45, 2.75) is 91.3 Å². The van der Waals surface area contributed by atoms with Crippen molar-refractivity contribution < 1.29 is 19.1 Å². The van der Waals surface area contributed by atoms with Crippen molar-refractivity contribution in [3.8, 4) is 0 Å². The highest BCUT2D eigenvalue weighted by Gasteiger charge is 2.59. The van der Waals surface area contributed by atoms with Gasteiger partial charge in [-0.3, -0.25) is 9.59 Å². The smallest absolute Gasteiger partial charge is 0.310 e. The molecule has 4 nitrogen and oxygen atoms in total. The normalized spacial score (nSPS) is 22.2. The summed E-state index contributed by atoms with van der Waals surface area (Å²) in [5.74, 6) is -1.14. The van der Waals surface area contributed by atoms with Gasteiger partial charge >= 0.3 is 11.9 Å². The maximum Gasteiger partial charge on any atom is 0.310 e. The Bertz CT molecular complexity index is 880. The van der Waals surface area contributed by atoms with Gasteiger partial charge in [0.1, 0.15) is 0 Å². The molecule has 2 aromatic rings. The minimum absolute atomic E-state index is 0.220. The summed E-state index contributed by atoms with van der Waals surface area (Å²) in [4.78, 5) is 26.7. The maximum absolute atomic E-state index is 13.4. The molecule has 1 aliphatic carbocycles. The van der Waals surface area contributed by atoms with E-state index in [9.17, 15) is 9.59 Å². The summed E-state index contributed by atoms with van der Waals surface area (Å²) in [6.07, 6.45) is -0.441. The van der Waals surface area contributed by atoms with Crippen LogP contribution in [-0.4, -0.2) is 24.1 Å². The third-order valence-electron chi connectivity index (χ3n) is 6.77. The van der Waals surface area contributed by atoms with Crippen LogP contribution in [0.15, 0.2) is 48.5 Å². The number of carbonyl (C=O) groups excluding carboxylic acids is 2. The zero-order valence-corrected chi connectivity index (χ0v) is 21.9. The van der Waals surface area contributed by atoms with Crippen LogP contribution in [-0.2, 0) is 19.1 Å². The summed E-state index contributed by atoms with van der Waals surface area (Å²) in [6.45, 7) is 16.1. The van der Waals surface area contributed by atoms with Crippen molar-refractivity contribution >= 4 is 11.9 Å². The molecule has 0 bridgehead atoms. The predicted molar refractivity (Wildman–Crippen MR) is 136 cm³/mol. The van der Waals surface area contributed by atoms with E-state index in [0.717, 1.165) is 11.1 Å². The molecule has 0 heterocycles. The number of carbonyl (C=O) groups is 2. The molecule has 0 aliphatic heterocycles. The van der Waals surface area contributed by atoms with Crippen LogP contribution in [0.25, 0.3) is 0 Å². The molecular weight excluding hydrogens is 424 g/mol. The summed E-state index contributed by atoms with van der Waals surface area (Å²) in [7, 11) is 0. The minimum Gasteiger partial charge on any atom is -0.463 e. The Balaban J connectivity index is 2.07. The lowest BCUT2D eigenvalue weighted by Crippen LogP contribution is -2.52. The fourth-order valence-corrected chi connectivity index (χ4v) is 4.99. The first-order valence-corrected chi connectivity index (χ1v) is 12.6. The van der Waals surface area contributed by atoms with Gasteiger partial charge in [-0.1, -0.05) is 76.2 Å². The molecule has 0 aromatic heterocycles. The lowest BCUT2D eigenvalue weighted by Gasteiger charge is -2.50. The van der Waals surface area contributed by atoms with E-state index in [2.05, 4.69) is 76.2 Å².